The van der Waals surface area contributed by atoms with Gasteiger partial charge >= 0.3 is 0 Å². The highest BCUT2D eigenvalue weighted by Crippen LogP contribution is 2.08. The van der Waals surface area contributed by atoms with E-state index in [9.17, 15) is 0 Å². The molecule has 90 valence electrons. The second kappa shape index (κ2) is 6.97. The molecule has 16 heavy (non-hydrogen) atoms. The molecule has 1 heterocycles. The van der Waals surface area contributed by atoms with Crippen LogP contribution in [-0.2, 0) is 4.74 Å². The van der Waals surface area contributed by atoms with Gasteiger partial charge in [0.05, 0.1) is 25.9 Å². The van der Waals surface area contributed by atoms with Crippen LogP contribution in [0.5, 0.6) is 5.88 Å². The standard InChI is InChI=1S/C10H17N3O3/c1-3-16-9-4-5-11-10(13-9)12-8(6-14)7-15-2/h4-5,8,14H,3,6-7H2,1-2H3,(H,11,12,13). The number of nitrogens with zero attached hydrogens (tertiary/aromatic N) is 2. The maximum absolute atomic E-state index is 9.06. The minimum absolute atomic E-state index is 0.0456. The Labute approximate surface area is 94.6 Å². The molecule has 0 aromatic carbocycles. The molecule has 0 aliphatic carbocycles. The van der Waals surface area contributed by atoms with Gasteiger partial charge in [0.1, 0.15) is 0 Å². The lowest BCUT2D eigenvalue weighted by Crippen LogP contribution is -2.29. The van der Waals surface area contributed by atoms with Crippen molar-refractivity contribution in [3.63, 3.8) is 0 Å². The minimum atomic E-state index is -0.220. The number of methoxy groups -OCH3 is 1. The Morgan fingerprint density at radius 1 is 1.56 bits per heavy atom. The van der Waals surface area contributed by atoms with Gasteiger partial charge in [0.25, 0.3) is 0 Å². The molecule has 0 fully saturated rings. The summed E-state index contributed by atoms with van der Waals surface area (Å²) < 4.78 is 10.2. The third-order valence-corrected chi connectivity index (χ3v) is 1.84. The van der Waals surface area contributed by atoms with Crippen LogP contribution in [0, 0.1) is 0 Å². The molecule has 1 atom stereocenters. The van der Waals surface area contributed by atoms with Crippen LogP contribution in [0.3, 0.4) is 0 Å². The van der Waals surface area contributed by atoms with Gasteiger partial charge in [0.2, 0.25) is 11.8 Å². The number of aliphatic hydroxyl groups excluding tert-OH is 1. The van der Waals surface area contributed by atoms with Crippen molar-refractivity contribution in [1.29, 1.82) is 0 Å². The van der Waals surface area contributed by atoms with Crippen molar-refractivity contribution in [2.45, 2.75) is 13.0 Å². The lowest BCUT2D eigenvalue weighted by Gasteiger charge is -2.15. The van der Waals surface area contributed by atoms with Crippen molar-refractivity contribution < 1.29 is 14.6 Å². The van der Waals surface area contributed by atoms with Gasteiger partial charge in [-0.25, -0.2) is 4.98 Å². The fraction of sp³-hybridized carbons (Fsp3) is 0.600. The summed E-state index contributed by atoms with van der Waals surface area (Å²) in [6.45, 7) is 2.78. The van der Waals surface area contributed by atoms with Crippen molar-refractivity contribution in [2.24, 2.45) is 0 Å². The van der Waals surface area contributed by atoms with Gasteiger partial charge in [-0.1, -0.05) is 0 Å². The third-order valence-electron chi connectivity index (χ3n) is 1.84. The Morgan fingerprint density at radius 2 is 2.38 bits per heavy atom. The minimum Gasteiger partial charge on any atom is -0.478 e. The zero-order chi connectivity index (χ0) is 11.8. The van der Waals surface area contributed by atoms with Crippen molar-refractivity contribution in [3.05, 3.63) is 12.3 Å². The van der Waals surface area contributed by atoms with Crippen molar-refractivity contribution in [1.82, 2.24) is 9.97 Å². The quantitative estimate of drug-likeness (QED) is 0.697. The van der Waals surface area contributed by atoms with Gasteiger partial charge in [-0.15, -0.1) is 0 Å². The van der Waals surface area contributed by atoms with Gasteiger partial charge in [-0.05, 0) is 6.92 Å². The van der Waals surface area contributed by atoms with E-state index < -0.39 is 0 Å². The van der Waals surface area contributed by atoms with E-state index in [-0.39, 0.29) is 12.6 Å². The molecule has 0 aliphatic heterocycles. The number of rotatable bonds is 7. The number of aromatic nitrogens is 2. The zero-order valence-electron chi connectivity index (χ0n) is 9.51. The fourth-order valence-corrected chi connectivity index (χ4v) is 1.16. The zero-order valence-corrected chi connectivity index (χ0v) is 9.51. The number of ether oxygens (including phenoxy) is 2. The first-order valence-corrected chi connectivity index (χ1v) is 5.12. The number of hydrogen-bond donors (Lipinski definition) is 2. The Bertz CT molecular complexity index is 309. The average molecular weight is 227 g/mol. The van der Waals surface area contributed by atoms with E-state index in [0.717, 1.165) is 0 Å². The second-order valence-corrected chi connectivity index (χ2v) is 3.13. The molecular weight excluding hydrogens is 210 g/mol. The highest BCUT2D eigenvalue weighted by molar-refractivity contribution is 5.28. The Kier molecular flexibility index (Phi) is 5.52. The lowest BCUT2D eigenvalue weighted by atomic mass is 10.3. The first kappa shape index (κ1) is 12.7. The van der Waals surface area contributed by atoms with Crippen LogP contribution in [0.4, 0.5) is 5.95 Å². The molecule has 0 amide bonds. The summed E-state index contributed by atoms with van der Waals surface area (Å²) >= 11 is 0. The third kappa shape index (κ3) is 4.00. The van der Waals surface area contributed by atoms with Crippen molar-refractivity contribution in [2.75, 3.05) is 32.2 Å². The molecule has 0 bridgehead atoms. The van der Waals surface area contributed by atoms with E-state index >= 15 is 0 Å². The second-order valence-electron chi connectivity index (χ2n) is 3.13. The van der Waals surface area contributed by atoms with Gasteiger partial charge in [-0.3, -0.25) is 0 Å². The first-order valence-electron chi connectivity index (χ1n) is 5.12. The summed E-state index contributed by atoms with van der Waals surface area (Å²) in [6, 6.07) is 1.46. The fourth-order valence-electron chi connectivity index (χ4n) is 1.16. The van der Waals surface area contributed by atoms with Crippen LogP contribution in [-0.4, -0.2) is 48.0 Å². The number of aliphatic hydroxyl groups is 1. The van der Waals surface area contributed by atoms with E-state index in [4.69, 9.17) is 14.6 Å². The number of anilines is 1. The lowest BCUT2D eigenvalue weighted by molar-refractivity contribution is 0.153. The summed E-state index contributed by atoms with van der Waals surface area (Å²) in [6.07, 6.45) is 1.60. The molecule has 1 aromatic rings. The highest BCUT2D eigenvalue weighted by Gasteiger charge is 2.08. The molecule has 6 heteroatoms. The highest BCUT2D eigenvalue weighted by atomic mass is 16.5. The monoisotopic (exact) mass is 227 g/mol. The number of nitrogens with one attached hydrogen (secondary N) is 1. The molecule has 0 aliphatic rings. The van der Waals surface area contributed by atoms with Gasteiger partial charge in [0.15, 0.2) is 0 Å². The predicted octanol–water partition coefficient (Wildman–Crippen LogP) is 0.294. The van der Waals surface area contributed by atoms with Gasteiger partial charge in [0, 0.05) is 19.4 Å². The van der Waals surface area contributed by atoms with E-state index in [0.29, 0.717) is 25.0 Å². The molecule has 6 nitrogen and oxygen atoms in total. The van der Waals surface area contributed by atoms with Gasteiger partial charge in [-0.2, -0.15) is 4.98 Å². The normalized spacial score (nSPS) is 12.2. The SMILES string of the molecule is CCOc1ccnc(NC(CO)COC)n1. The molecule has 2 N–H and O–H groups in total. The van der Waals surface area contributed by atoms with Crippen LogP contribution >= 0.6 is 0 Å². The summed E-state index contributed by atoms with van der Waals surface area (Å²) in [5, 5.41) is 12.0. The van der Waals surface area contributed by atoms with Crippen LogP contribution in [0.15, 0.2) is 12.3 Å². The molecular formula is C10H17N3O3. The summed E-state index contributed by atoms with van der Waals surface area (Å²) in [5.41, 5.74) is 0. The maximum atomic E-state index is 9.06. The molecule has 1 rings (SSSR count). The molecule has 0 spiro atoms. The smallest absolute Gasteiger partial charge is 0.226 e. The van der Waals surface area contributed by atoms with E-state index in [1.54, 1.807) is 19.4 Å². The first-order chi connectivity index (χ1) is 7.80. The molecule has 0 saturated heterocycles. The van der Waals surface area contributed by atoms with Crippen LogP contribution < -0.4 is 10.1 Å². The average Bonchev–Trinajstić information content (AvgIpc) is 2.29. The Balaban J connectivity index is 2.60. The molecule has 0 saturated carbocycles. The van der Waals surface area contributed by atoms with Crippen molar-refractivity contribution >= 4 is 5.95 Å². The largest absolute Gasteiger partial charge is 0.478 e. The Hall–Kier alpha value is -1.40. The molecule has 1 aromatic heterocycles. The number of hydrogen-bond acceptors (Lipinski definition) is 6. The van der Waals surface area contributed by atoms with E-state index in [1.807, 2.05) is 6.92 Å². The molecule has 1 unspecified atom stereocenters. The maximum Gasteiger partial charge on any atom is 0.226 e. The van der Waals surface area contributed by atoms with Crippen LogP contribution in [0.1, 0.15) is 6.92 Å². The Morgan fingerprint density at radius 3 is 3.00 bits per heavy atom. The summed E-state index contributed by atoms with van der Waals surface area (Å²) in [5.74, 6) is 0.927. The molecule has 0 radical (unpaired) electrons. The van der Waals surface area contributed by atoms with E-state index in [1.165, 1.54) is 0 Å². The van der Waals surface area contributed by atoms with Gasteiger partial charge < -0.3 is 19.9 Å². The predicted molar refractivity (Wildman–Crippen MR) is 59.6 cm³/mol. The topological polar surface area (TPSA) is 76.5 Å². The van der Waals surface area contributed by atoms with E-state index in [2.05, 4.69) is 15.3 Å². The van der Waals surface area contributed by atoms with Crippen molar-refractivity contribution in [3.8, 4) is 5.88 Å². The van der Waals surface area contributed by atoms with Crippen LogP contribution in [0.25, 0.3) is 0 Å². The summed E-state index contributed by atoms with van der Waals surface area (Å²) in [4.78, 5) is 8.14. The van der Waals surface area contributed by atoms with Crippen LogP contribution in [0.2, 0.25) is 0 Å². The summed E-state index contributed by atoms with van der Waals surface area (Å²) in [7, 11) is 1.57.